The van der Waals surface area contributed by atoms with E-state index in [4.69, 9.17) is 15.5 Å². The highest BCUT2D eigenvalue weighted by molar-refractivity contribution is 5.92. The Morgan fingerprint density at radius 1 is 0.889 bits per heavy atom. The molecule has 0 saturated heterocycles. The standard InChI is InChI=1S/C23H18N2O2/c24-23(26)17-10-12-19(13-11-17)27-15-18-14-22(16-6-2-1-3-7-16)25-21-9-5-4-8-20(18)21/h1-14H,15H2,(H2,24,26). The molecule has 4 rings (SSSR count). The number of nitrogens with two attached hydrogens (primary N) is 1. The second-order valence-electron chi connectivity index (χ2n) is 6.23. The third-order valence-electron chi connectivity index (χ3n) is 4.40. The van der Waals surface area contributed by atoms with E-state index in [-0.39, 0.29) is 0 Å². The van der Waals surface area contributed by atoms with Gasteiger partial charge in [0.2, 0.25) is 5.91 Å². The van der Waals surface area contributed by atoms with Gasteiger partial charge >= 0.3 is 0 Å². The van der Waals surface area contributed by atoms with Crippen LogP contribution >= 0.6 is 0 Å². The van der Waals surface area contributed by atoms with Gasteiger partial charge in [-0.15, -0.1) is 0 Å². The van der Waals surface area contributed by atoms with Crippen molar-refractivity contribution in [2.45, 2.75) is 6.61 Å². The zero-order valence-corrected chi connectivity index (χ0v) is 14.6. The van der Waals surface area contributed by atoms with Crippen LogP contribution in [0.25, 0.3) is 22.2 Å². The van der Waals surface area contributed by atoms with Crippen LogP contribution in [0.3, 0.4) is 0 Å². The third kappa shape index (κ3) is 3.65. The van der Waals surface area contributed by atoms with Crippen molar-refractivity contribution in [3.63, 3.8) is 0 Å². The first-order valence-electron chi connectivity index (χ1n) is 8.67. The lowest BCUT2D eigenvalue weighted by Gasteiger charge is -2.12. The number of carbonyl (C=O) groups excluding carboxylic acids is 1. The summed E-state index contributed by atoms with van der Waals surface area (Å²) in [7, 11) is 0. The molecular weight excluding hydrogens is 336 g/mol. The summed E-state index contributed by atoms with van der Waals surface area (Å²) in [5.41, 5.74) is 9.70. The number of ether oxygens (including phenoxy) is 1. The summed E-state index contributed by atoms with van der Waals surface area (Å²) in [5, 5.41) is 1.06. The Morgan fingerprint density at radius 2 is 1.59 bits per heavy atom. The maximum atomic E-state index is 11.2. The molecule has 1 heterocycles. The lowest BCUT2D eigenvalue weighted by Crippen LogP contribution is -2.10. The number of pyridine rings is 1. The topological polar surface area (TPSA) is 65.2 Å². The number of nitrogens with zero attached hydrogens (tertiary/aromatic N) is 1. The van der Waals surface area contributed by atoms with Crippen LogP contribution < -0.4 is 10.5 Å². The zero-order chi connectivity index (χ0) is 18.6. The van der Waals surface area contributed by atoms with Crippen molar-refractivity contribution in [3.8, 4) is 17.0 Å². The number of benzene rings is 3. The number of primary amides is 1. The van der Waals surface area contributed by atoms with Crippen LogP contribution in [0.4, 0.5) is 0 Å². The summed E-state index contributed by atoms with van der Waals surface area (Å²) in [6, 6.07) is 27.0. The lowest BCUT2D eigenvalue weighted by atomic mass is 10.0. The molecule has 4 aromatic rings. The van der Waals surface area contributed by atoms with E-state index in [1.165, 1.54) is 0 Å². The fourth-order valence-electron chi connectivity index (χ4n) is 3.00. The van der Waals surface area contributed by atoms with E-state index >= 15 is 0 Å². The molecule has 0 aliphatic rings. The van der Waals surface area contributed by atoms with Crippen molar-refractivity contribution in [2.24, 2.45) is 5.73 Å². The van der Waals surface area contributed by atoms with E-state index in [1.807, 2.05) is 54.6 Å². The number of carbonyl (C=O) groups is 1. The van der Waals surface area contributed by atoms with Crippen LogP contribution in [0.15, 0.2) is 84.9 Å². The average molecular weight is 354 g/mol. The number of aromatic nitrogens is 1. The van der Waals surface area contributed by atoms with Crippen molar-refractivity contribution in [3.05, 3.63) is 96.1 Å². The average Bonchev–Trinajstić information content (AvgIpc) is 2.72. The molecule has 0 spiro atoms. The molecule has 1 aromatic heterocycles. The Kier molecular flexibility index (Phi) is 4.54. The highest BCUT2D eigenvalue weighted by Crippen LogP contribution is 2.26. The van der Waals surface area contributed by atoms with Gasteiger partial charge in [-0.1, -0.05) is 48.5 Å². The normalized spacial score (nSPS) is 10.7. The predicted octanol–water partition coefficient (Wildman–Crippen LogP) is 4.58. The Labute approximate surface area is 157 Å². The number of amides is 1. The Balaban J connectivity index is 1.66. The second-order valence-corrected chi connectivity index (χ2v) is 6.23. The van der Waals surface area contributed by atoms with Crippen LogP contribution in [-0.4, -0.2) is 10.9 Å². The number of fused-ring (bicyclic) bond motifs is 1. The molecule has 4 nitrogen and oxygen atoms in total. The fraction of sp³-hybridized carbons (Fsp3) is 0.0435. The maximum Gasteiger partial charge on any atom is 0.248 e. The Bertz CT molecular complexity index is 1090. The molecule has 0 saturated carbocycles. The molecule has 2 N–H and O–H groups in total. The van der Waals surface area contributed by atoms with Gasteiger partial charge in [-0.05, 0) is 36.4 Å². The van der Waals surface area contributed by atoms with E-state index in [9.17, 15) is 4.79 Å². The summed E-state index contributed by atoms with van der Waals surface area (Å²) in [6.45, 7) is 0.402. The largest absolute Gasteiger partial charge is 0.489 e. The van der Waals surface area contributed by atoms with Gasteiger partial charge in [-0.3, -0.25) is 4.79 Å². The molecule has 4 heteroatoms. The first kappa shape index (κ1) is 16.8. The fourth-order valence-corrected chi connectivity index (χ4v) is 3.00. The van der Waals surface area contributed by atoms with E-state index in [0.29, 0.717) is 17.9 Å². The number of rotatable bonds is 5. The predicted molar refractivity (Wildman–Crippen MR) is 106 cm³/mol. The van der Waals surface area contributed by atoms with Crippen molar-refractivity contribution in [2.75, 3.05) is 0 Å². The molecule has 27 heavy (non-hydrogen) atoms. The number of hydrogen-bond donors (Lipinski definition) is 1. The quantitative estimate of drug-likeness (QED) is 0.570. The first-order chi connectivity index (χ1) is 13.2. The lowest BCUT2D eigenvalue weighted by molar-refractivity contribution is 0.1000. The van der Waals surface area contributed by atoms with Crippen molar-refractivity contribution in [1.29, 1.82) is 0 Å². The van der Waals surface area contributed by atoms with Gasteiger partial charge in [0.1, 0.15) is 12.4 Å². The summed E-state index contributed by atoms with van der Waals surface area (Å²) in [6.07, 6.45) is 0. The van der Waals surface area contributed by atoms with E-state index < -0.39 is 5.91 Å². The van der Waals surface area contributed by atoms with Crippen LogP contribution in [0.5, 0.6) is 5.75 Å². The molecule has 3 aromatic carbocycles. The minimum atomic E-state index is -0.450. The Hall–Kier alpha value is -3.66. The van der Waals surface area contributed by atoms with Gasteiger partial charge in [0.05, 0.1) is 11.2 Å². The monoisotopic (exact) mass is 354 g/mol. The molecular formula is C23H18N2O2. The van der Waals surface area contributed by atoms with Crippen molar-refractivity contribution < 1.29 is 9.53 Å². The van der Waals surface area contributed by atoms with Gasteiger partial charge in [0, 0.05) is 22.1 Å². The second kappa shape index (κ2) is 7.30. The van der Waals surface area contributed by atoms with Crippen LogP contribution in [0.1, 0.15) is 15.9 Å². The maximum absolute atomic E-state index is 11.2. The van der Waals surface area contributed by atoms with Gasteiger partial charge < -0.3 is 10.5 Å². The summed E-state index contributed by atoms with van der Waals surface area (Å²) >= 11 is 0. The first-order valence-corrected chi connectivity index (χ1v) is 8.67. The molecule has 0 fully saturated rings. The molecule has 0 unspecified atom stereocenters. The van der Waals surface area contributed by atoms with Gasteiger partial charge in [-0.2, -0.15) is 0 Å². The highest BCUT2D eigenvalue weighted by atomic mass is 16.5. The van der Waals surface area contributed by atoms with Gasteiger partial charge in [-0.25, -0.2) is 4.98 Å². The van der Waals surface area contributed by atoms with Gasteiger partial charge in [0.25, 0.3) is 0 Å². The molecule has 132 valence electrons. The minimum Gasteiger partial charge on any atom is -0.489 e. The van der Waals surface area contributed by atoms with Crippen LogP contribution in [0.2, 0.25) is 0 Å². The third-order valence-corrected chi connectivity index (χ3v) is 4.40. The SMILES string of the molecule is NC(=O)c1ccc(OCc2cc(-c3ccccc3)nc3ccccc23)cc1. The molecule has 0 bridgehead atoms. The molecule has 1 amide bonds. The number of para-hydroxylation sites is 1. The molecule has 0 aliphatic heterocycles. The summed E-state index contributed by atoms with van der Waals surface area (Å²) in [4.78, 5) is 16.0. The molecule has 0 atom stereocenters. The zero-order valence-electron chi connectivity index (χ0n) is 14.6. The summed E-state index contributed by atoms with van der Waals surface area (Å²) < 4.78 is 5.95. The van der Waals surface area contributed by atoms with E-state index in [1.54, 1.807) is 24.3 Å². The molecule has 0 aliphatic carbocycles. The number of hydrogen-bond acceptors (Lipinski definition) is 3. The highest BCUT2D eigenvalue weighted by Gasteiger charge is 2.08. The molecule has 0 radical (unpaired) electrons. The van der Waals surface area contributed by atoms with E-state index in [2.05, 4.69) is 6.07 Å². The van der Waals surface area contributed by atoms with E-state index in [0.717, 1.165) is 27.7 Å². The van der Waals surface area contributed by atoms with Crippen LogP contribution in [0, 0.1) is 0 Å². The van der Waals surface area contributed by atoms with Crippen molar-refractivity contribution >= 4 is 16.8 Å². The van der Waals surface area contributed by atoms with Crippen LogP contribution in [-0.2, 0) is 6.61 Å². The van der Waals surface area contributed by atoms with Crippen molar-refractivity contribution in [1.82, 2.24) is 4.98 Å². The smallest absolute Gasteiger partial charge is 0.248 e. The summed E-state index contributed by atoms with van der Waals surface area (Å²) in [5.74, 6) is 0.233. The van der Waals surface area contributed by atoms with Gasteiger partial charge in [0.15, 0.2) is 0 Å². The Morgan fingerprint density at radius 3 is 2.33 bits per heavy atom. The minimum absolute atomic E-state index is 0.402.